The normalized spacial score (nSPS) is 12.0. The van der Waals surface area contributed by atoms with Crippen LogP contribution in [0.3, 0.4) is 0 Å². The lowest BCUT2D eigenvalue weighted by atomic mass is 10.2. The summed E-state index contributed by atoms with van der Waals surface area (Å²) in [5.41, 5.74) is 0.659. The lowest BCUT2D eigenvalue weighted by Crippen LogP contribution is -2.08. The summed E-state index contributed by atoms with van der Waals surface area (Å²) in [6.07, 6.45) is 0. The third kappa shape index (κ3) is 1.92. The summed E-state index contributed by atoms with van der Waals surface area (Å²) in [7, 11) is 0. The maximum atomic E-state index is 11.1. The van der Waals surface area contributed by atoms with Crippen molar-refractivity contribution in [2.75, 3.05) is 0 Å². The van der Waals surface area contributed by atoms with Gasteiger partial charge in [0.25, 0.3) is 0 Å². The second kappa shape index (κ2) is 3.98. The molecule has 0 unspecified atom stereocenters. The number of esters is 1. The molecule has 0 radical (unpaired) electrons. The van der Waals surface area contributed by atoms with Gasteiger partial charge in [0.05, 0.1) is 0 Å². The Kier molecular flexibility index (Phi) is 2.66. The molecule has 5 heteroatoms. The average molecular weight is 239 g/mol. The molecule has 1 aliphatic heterocycles. The minimum atomic E-state index is -0.413. The van der Waals surface area contributed by atoms with E-state index in [1.165, 1.54) is 6.92 Å². The zero-order valence-electron chi connectivity index (χ0n) is 8.32. The predicted molar refractivity (Wildman–Crippen MR) is 57.7 cm³/mol. The Labute approximate surface area is 95.7 Å². The van der Waals surface area contributed by atoms with Gasteiger partial charge in [-0.1, -0.05) is 12.1 Å². The molecule has 2 aromatic rings. The molecule has 0 amide bonds. The number of halogens is 1. The molecule has 0 saturated carbocycles. The van der Waals surface area contributed by atoms with E-state index in [0.717, 1.165) is 5.39 Å². The maximum Gasteiger partial charge on any atom is 0.379 e. The third-order valence-electron chi connectivity index (χ3n) is 1.91. The Balaban J connectivity index is 0.000000212. The highest BCUT2D eigenvalue weighted by Gasteiger charge is 2.22. The van der Waals surface area contributed by atoms with E-state index in [2.05, 4.69) is 11.6 Å². The zero-order valence-corrected chi connectivity index (χ0v) is 9.08. The number of furan rings is 1. The van der Waals surface area contributed by atoms with Gasteiger partial charge in [0.15, 0.2) is 11.3 Å². The van der Waals surface area contributed by atoms with Crippen molar-refractivity contribution >= 4 is 33.8 Å². The third-order valence-corrected chi connectivity index (χ3v) is 1.91. The zero-order chi connectivity index (χ0) is 11.7. The largest absolute Gasteiger partial charge is 0.445 e. The predicted octanol–water partition coefficient (Wildman–Crippen LogP) is 2.74. The average Bonchev–Trinajstić information content (AvgIpc) is 2.58. The lowest BCUT2D eigenvalue weighted by Gasteiger charge is -2.04. The van der Waals surface area contributed by atoms with E-state index < -0.39 is 5.97 Å². The summed E-state index contributed by atoms with van der Waals surface area (Å²) in [6.45, 7) is 1.29. The van der Waals surface area contributed by atoms with E-state index >= 15 is 0 Å². The highest BCUT2D eigenvalue weighted by molar-refractivity contribution is 6.62. The molecule has 0 spiro atoms. The molecule has 2 bridgehead atoms. The molecule has 1 aromatic carbocycles. The number of carbonyl (C=O) groups is 2. The van der Waals surface area contributed by atoms with Crippen LogP contribution >= 0.6 is 11.6 Å². The van der Waals surface area contributed by atoms with Gasteiger partial charge in [-0.25, -0.2) is 4.79 Å². The summed E-state index contributed by atoms with van der Waals surface area (Å²) in [5, 5.41) is 0.549. The highest BCUT2D eigenvalue weighted by Crippen LogP contribution is 2.33. The molecule has 82 valence electrons. The summed E-state index contributed by atoms with van der Waals surface area (Å²) < 4.78 is 10.2. The molecule has 0 N–H and O–H groups in total. The fraction of sp³-hybridized carbons (Fsp3) is 0.0909. The van der Waals surface area contributed by atoms with Gasteiger partial charge in [0, 0.05) is 12.3 Å². The van der Waals surface area contributed by atoms with Crippen LogP contribution in [0.15, 0.2) is 28.7 Å². The van der Waals surface area contributed by atoms with Crippen molar-refractivity contribution < 1.29 is 18.7 Å². The van der Waals surface area contributed by atoms with Crippen LogP contribution in [0.4, 0.5) is 0 Å². The Morgan fingerprint density at radius 3 is 2.75 bits per heavy atom. The SMILES string of the molecule is CC(=O)Cl.O=C1Oc2cccc3cc1oc23. The Morgan fingerprint density at radius 2 is 2.06 bits per heavy atom. The molecule has 3 rings (SSSR count). The van der Waals surface area contributed by atoms with Gasteiger partial charge in [0.2, 0.25) is 11.0 Å². The maximum absolute atomic E-state index is 11.1. The molecular weight excluding hydrogens is 232 g/mol. The van der Waals surface area contributed by atoms with Crippen molar-refractivity contribution in [3.05, 3.63) is 30.0 Å². The molecule has 0 fully saturated rings. The molecule has 1 aromatic heterocycles. The molecule has 0 aliphatic carbocycles. The van der Waals surface area contributed by atoms with Gasteiger partial charge in [-0.2, -0.15) is 0 Å². The van der Waals surface area contributed by atoms with Crippen molar-refractivity contribution in [2.24, 2.45) is 0 Å². The fourth-order valence-corrected chi connectivity index (χ4v) is 1.37. The van der Waals surface area contributed by atoms with Crippen LogP contribution < -0.4 is 4.74 Å². The summed E-state index contributed by atoms with van der Waals surface area (Å²) in [4.78, 5) is 20.3. The molecule has 4 nitrogen and oxygen atoms in total. The van der Waals surface area contributed by atoms with Crippen LogP contribution in [-0.4, -0.2) is 11.2 Å². The monoisotopic (exact) mass is 238 g/mol. The van der Waals surface area contributed by atoms with E-state index in [9.17, 15) is 9.59 Å². The molecule has 0 atom stereocenters. The van der Waals surface area contributed by atoms with Crippen molar-refractivity contribution in [2.45, 2.75) is 6.92 Å². The second-order valence-corrected chi connectivity index (χ2v) is 3.68. The topological polar surface area (TPSA) is 56.5 Å². The van der Waals surface area contributed by atoms with Crippen LogP contribution in [0.1, 0.15) is 17.5 Å². The van der Waals surface area contributed by atoms with E-state index in [-0.39, 0.29) is 11.0 Å². The summed E-state index contributed by atoms with van der Waals surface area (Å²) in [5.74, 6) is 0.377. The molecule has 16 heavy (non-hydrogen) atoms. The number of fused-ring (bicyclic) bond motifs is 1. The smallest absolute Gasteiger partial charge is 0.379 e. The number of carbonyl (C=O) groups excluding carboxylic acids is 2. The van der Waals surface area contributed by atoms with Crippen LogP contribution in [0.25, 0.3) is 11.0 Å². The van der Waals surface area contributed by atoms with Crippen molar-refractivity contribution in [3.8, 4) is 5.75 Å². The van der Waals surface area contributed by atoms with Crippen LogP contribution in [0, 0.1) is 0 Å². The van der Waals surface area contributed by atoms with Crippen molar-refractivity contribution in [3.63, 3.8) is 0 Å². The number of hydrogen-bond donors (Lipinski definition) is 0. The van der Waals surface area contributed by atoms with Gasteiger partial charge in [-0.3, -0.25) is 4.79 Å². The molecule has 0 saturated heterocycles. The molecule has 2 heterocycles. The minimum Gasteiger partial charge on any atom is -0.445 e. The Hall–Kier alpha value is -1.81. The van der Waals surface area contributed by atoms with E-state index in [4.69, 9.17) is 9.15 Å². The van der Waals surface area contributed by atoms with Crippen molar-refractivity contribution in [1.82, 2.24) is 0 Å². The van der Waals surface area contributed by atoms with Gasteiger partial charge >= 0.3 is 5.97 Å². The first-order valence-electron chi connectivity index (χ1n) is 4.49. The number of rotatable bonds is 0. The first-order chi connectivity index (χ1) is 7.58. The number of ether oxygens (including phenoxy) is 1. The quantitative estimate of drug-likeness (QED) is 0.402. The van der Waals surface area contributed by atoms with Crippen molar-refractivity contribution in [1.29, 1.82) is 0 Å². The van der Waals surface area contributed by atoms with Crippen LogP contribution in [0.5, 0.6) is 5.75 Å². The van der Waals surface area contributed by atoms with Gasteiger partial charge < -0.3 is 9.15 Å². The van der Waals surface area contributed by atoms with E-state index in [1.54, 1.807) is 12.1 Å². The van der Waals surface area contributed by atoms with Crippen LogP contribution in [-0.2, 0) is 4.79 Å². The fourth-order valence-electron chi connectivity index (χ4n) is 1.37. The van der Waals surface area contributed by atoms with Gasteiger partial charge in [-0.05, 0) is 23.7 Å². The first kappa shape index (κ1) is 10.7. The highest BCUT2D eigenvalue weighted by atomic mass is 35.5. The summed E-state index contributed by atoms with van der Waals surface area (Å²) in [6, 6.07) is 7.12. The number of para-hydroxylation sites is 1. The van der Waals surface area contributed by atoms with Gasteiger partial charge in [-0.15, -0.1) is 0 Å². The lowest BCUT2D eigenvalue weighted by molar-refractivity contribution is -0.109. The minimum absolute atomic E-state index is 0.281. The van der Waals surface area contributed by atoms with Crippen LogP contribution in [0.2, 0.25) is 0 Å². The van der Waals surface area contributed by atoms with E-state index in [0.29, 0.717) is 11.3 Å². The summed E-state index contributed by atoms with van der Waals surface area (Å²) >= 11 is 4.64. The number of hydrogen-bond acceptors (Lipinski definition) is 4. The molecule has 1 aliphatic rings. The molecular formula is C11H7ClO4. The van der Waals surface area contributed by atoms with Gasteiger partial charge in [0.1, 0.15) is 0 Å². The Bertz CT molecular complexity index is 566. The van der Waals surface area contributed by atoms with E-state index in [1.807, 2.05) is 12.1 Å². The second-order valence-electron chi connectivity index (χ2n) is 3.14. The first-order valence-corrected chi connectivity index (χ1v) is 4.86. The Morgan fingerprint density at radius 1 is 1.38 bits per heavy atom. The number of benzene rings is 1. The standard InChI is InChI=1S/C9H4O3.C2H3ClO/c10-9-7-4-5-2-1-3-6(12-9)8(5)11-7;1-2(3)4/h1-4H;1H3.